The number of carbonyl (C=O) groups excluding carboxylic acids is 1. The first-order valence-electron chi connectivity index (χ1n) is 15.5. The molecule has 0 aliphatic heterocycles. The second-order valence-electron chi connectivity index (χ2n) is 12.5. The van der Waals surface area contributed by atoms with Gasteiger partial charge in [0.2, 0.25) is 0 Å². The number of nitrogens with zero attached hydrogens (tertiary/aromatic N) is 3. The van der Waals surface area contributed by atoms with Crippen molar-refractivity contribution in [1.82, 2.24) is 9.80 Å². The Bertz CT molecular complexity index is 1250. The van der Waals surface area contributed by atoms with Gasteiger partial charge in [-0.1, -0.05) is 119 Å². The fourth-order valence-corrected chi connectivity index (χ4v) is 5.66. The zero-order chi connectivity index (χ0) is 32.0. The highest BCUT2D eigenvalue weighted by molar-refractivity contribution is 5.69. The molecule has 3 rings (SSSR count). The summed E-state index contributed by atoms with van der Waals surface area (Å²) in [4.78, 5) is 16.7. The van der Waals surface area contributed by atoms with Crippen molar-refractivity contribution in [3.63, 3.8) is 0 Å². The van der Waals surface area contributed by atoms with E-state index < -0.39 is 11.0 Å². The van der Waals surface area contributed by atoms with Crippen LogP contribution in [-0.4, -0.2) is 56.5 Å². The maximum Gasteiger partial charge on any atom is 0.306 e. The lowest BCUT2D eigenvalue weighted by Gasteiger charge is -2.40. The van der Waals surface area contributed by atoms with Gasteiger partial charge in [0.15, 0.2) is 0 Å². The van der Waals surface area contributed by atoms with E-state index in [1.807, 2.05) is 61.5 Å². The number of ether oxygens (including phenoxy) is 1. The van der Waals surface area contributed by atoms with E-state index in [9.17, 15) is 10.1 Å². The van der Waals surface area contributed by atoms with Gasteiger partial charge in [0.05, 0.1) is 11.5 Å². The van der Waals surface area contributed by atoms with Gasteiger partial charge in [-0.25, -0.2) is 0 Å². The van der Waals surface area contributed by atoms with Crippen molar-refractivity contribution in [3.8, 4) is 6.07 Å². The lowest BCUT2D eigenvalue weighted by molar-refractivity contribution is -0.168. The highest BCUT2D eigenvalue weighted by Crippen LogP contribution is 2.39. The standard InChI is InChI=1S/C22H29NO2.C16H24N2/c1-5-21(24)25-22(18(2)17-23(3)4,20-14-10-7-11-15-20)16-19-12-8-6-9-13-19;1-13(2)16(12-17,11-14(3)18(4)5)15-9-7-6-8-10-15/h6-15,18H,5,16-17H2,1-4H3;6-10,13-14H,11H2,1-5H3/t18-,22+;/m0./s1. The lowest BCUT2D eigenvalue weighted by Crippen LogP contribution is -2.44. The highest BCUT2D eigenvalue weighted by atomic mass is 16.6. The number of rotatable bonds is 13. The molecular weight excluding hydrogens is 530 g/mol. The Hall–Kier alpha value is -3.46. The Balaban J connectivity index is 0.000000317. The van der Waals surface area contributed by atoms with Crippen LogP contribution in [-0.2, 0) is 27.0 Å². The van der Waals surface area contributed by atoms with Crippen LogP contribution in [0.4, 0.5) is 0 Å². The fourth-order valence-electron chi connectivity index (χ4n) is 5.66. The smallest absolute Gasteiger partial charge is 0.306 e. The molecule has 3 aromatic carbocycles. The Kier molecular flexibility index (Phi) is 14.1. The van der Waals surface area contributed by atoms with Gasteiger partial charge in [-0.2, -0.15) is 5.26 Å². The Morgan fingerprint density at radius 1 is 0.814 bits per heavy atom. The number of benzene rings is 3. The first-order valence-corrected chi connectivity index (χ1v) is 15.5. The minimum absolute atomic E-state index is 0.139. The van der Waals surface area contributed by atoms with Crippen molar-refractivity contribution in [3.05, 3.63) is 108 Å². The molecular formula is C38H53N3O2. The van der Waals surface area contributed by atoms with E-state index in [1.165, 1.54) is 5.56 Å². The van der Waals surface area contributed by atoms with E-state index in [0.29, 0.717) is 24.8 Å². The maximum atomic E-state index is 12.3. The molecule has 0 saturated heterocycles. The zero-order valence-corrected chi connectivity index (χ0v) is 27.9. The van der Waals surface area contributed by atoms with Gasteiger partial charge in [-0.15, -0.1) is 0 Å². The first kappa shape index (κ1) is 35.7. The van der Waals surface area contributed by atoms with Crippen LogP contribution in [0.5, 0.6) is 0 Å². The van der Waals surface area contributed by atoms with Crippen molar-refractivity contribution in [2.45, 2.75) is 70.9 Å². The number of hydrogen-bond donors (Lipinski definition) is 0. The van der Waals surface area contributed by atoms with E-state index in [0.717, 1.165) is 24.1 Å². The van der Waals surface area contributed by atoms with Crippen molar-refractivity contribution < 1.29 is 9.53 Å². The monoisotopic (exact) mass is 583 g/mol. The molecule has 0 radical (unpaired) electrons. The number of hydrogen-bond acceptors (Lipinski definition) is 5. The van der Waals surface area contributed by atoms with Crippen LogP contribution in [0.15, 0.2) is 91.0 Å². The molecule has 3 aromatic rings. The Morgan fingerprint density at radius 3 is 1.72 bits per heavy atom. The highest BCUT2D eigenvalue weighted by Gasteiger charge is 2.42. The minimum atomic E-state index is -0.681. The van der Waals surface area contributed by atoms with Gasteiger partial charge in [0.25, 0.3) is 0 Å². The third kappa shape index (κ3) is 9.78. The maximum absolute atomic E-state index is 12.3. The number of carbonyl (C=O) groups is 1. The van der Waals surface area contributed by atoms with Crippen LogP contribution in [0.3, 0.4) is 0 Å². The summed E-state index contributed by atoms with van der Waals surface area (Å²) in [5.74, 6) is 0.276. The van der Waals surface area contributed by atoms with Gasteiger partial charge in [-0.3, -0.25) is 4.79 Å². The normalized spacial score (nSPS) is 15.4. The van der Waals surface area contributed by atoms with Crippen molar-refractivity contribution in [1.29, 1.82) is 5.26 Å². The fraction of sp³-hybridized carbons (Fsp3) is 0.474. The first-order chi connectivity index (χ1) is 20.4. The third-order valence-corrected chi connectivity index (χ3v) is 8.56. The van der Waals surface area contributed by atoms with Crippen molar-refractivity contribution >= 4 is 5.97 Å². The molecule has 0 fully saturated rings. The van der Waals surface area contributed by atoms with E-state index in [1.54, 1.807) is 0 Å². The van der Waals surface area contributed by atoms with Crippen LogP contribution in [0.25, 0.3) is 0 Å². The summed E-state index contributed by atoms with van der Waals surface area (Å²) in [6, 6.07) is 33.6. The van der Waals surface area contributed by atoms with Crippen LogP contribution in [0, 0.1) is 23.2 Å². The number of nitriles is 1. The van der Waals surface area contributed by atoms with Crippen LogP contribution >= 0.6 is 0 Å². The molecule has 0 saturated carbocycles. The van der Waals surface area contributed by atoms with E-state index in [-0.39, 0.29) is 11.9 Å². The lowest BCUT2D eigenvalue weighted by atomic mass is 9.69. The second-order valence-corrected chi connectivity index (χ2v) is 12.5. The topological polar surface area (TPSA) is 56.6 Å². The van der Waals surface area contributed by atoms with Crippen molar-refractivity contribution in [2.75, 3.05) is 34.7 Å². The van der Waals surface area contributed by atoms with E-state index in [2.05, 4.69) is 108 Å². The van der Waals surface area contributed by atoms with Crippen LogP contribution in [0.2, 0.25) is 0 Å². The Labute approximate surface area is 261 Å². The summed E-state index contributed by atoms with van der Waals surface area (Å²) in [7, 11) is 8.24. The molecule has 0 aliphatic carbocycles. The second kappa shape index (κ2) is 17.0. The molecule has 0 N–H and O–H groups in total. The predicted octanol–water partition coefficient (Wildman–Crippen LogP) is 7.72. The average Bonchev–Trinajstić information content (AvgIpc) is 3.00. The minimum Gasteiger partial charge on any atom is -0.453 e. The number of esters is 1. The average molecular weight is 584 g/mol. The molecule has 0 aromatic heterocycles. The SMILES string of the molecule is CC(CC(C#N)(c1ccccc1)C(C)C)N(C)C.CCC(=O)O[C@@](Cc1ccccc1)(c1ccccc1)[C@@H](C)CN(C)C. The summed E-state index contributed by atoms with van der Waals surface area (Å²) >= 11 is 0. The summed E-state index contributed by atoms with van der Waals surface area (Å²) in [5, 5.41) is 9.76. The van der Waals surface area contributed by atoms with Gasteiger partial charge < -0.3 is 14.5 Å². The molecule has 2 unspecified atom stereocenters. The van der Waals surface area contributed by atoms with Gasteiger partial charge in [-0.05, 0) is 64.1 Å². The van der Waals surface area contributed by atoms with Gasteiger partial charge >= 0.3 is 5.97 Å². The predicted molar refractivity (Wildman–Crippen MR) is 179 cm³/mol. The van der Waals surface area contributed by atoms with Gasteiger partial charge in [0, 0.05) is 31.3 Å². The third-order valence-electron chi connectivity index (χ3n) is 8.56. The largest absolute Gasteiger partial charge is 0.453 e. The summed E-state index contributed by atoms with van der Waals surface area (Å²) in [6.07, 6.45) is 1.90. The van der Waals surface area contributed by atoms with E-state index >= 15 is 0 Å². The molecule has 232 valence electrons. The van der Waals surface area contributed by atoms with Crippen LogP contribution in [0.1, 0.15) is 64.2 Å². The quantitative estimate of drug-likeness (QED) is 0.193. The molecule has 4 atom stereocenters. The molecule has 0 heterocycles. The molecule has 0 amide bonds. The molecule has 5 nitrogen and oxygen atoms in total. The summed E-state index contributed by atoms with van der Waals surface area (Å²) < 4.78 is 6.17. The van der Waals surface area contributed by atoms with Crippen molar-refractivity contribution in [2.24, 2.45) is 11.8 Å². The molecule has 43 heavy (non-hydrogen) atoms. The van der Waals surface area contributed by atoms with Gasteiger partial charge in [0.1, 0.15) is 5.60 Å². The Morgan fingerprint density at radius 2 is 1.30 bits per heavy atom. The zero-order valence-electron chi connectivity index (χ0n) is 27.9. The molecule has 0 aliphatic rings. The van der Waals surface area contributed by atoms with Crippen LogP contribution < -0.4 is 0 Å². The van der Waals surface area contributed by atoms with E-state index in [4.69, 9.17) is 4.74 Å². The summed E-state index contributed by atoms with van der Waals surface area (Å²) in [6.45, 7) is 11.3. The molecule has 0 spiro atoms. The molecule has 5 heteroatoms. The summed E-state index contributed by atoms with van der Waals surface area (Å²) in [5.41, 5.74) is 2.28. The molecule has 0 bridgehead atoms.